The van der Waals surface area contributed by atoms with E-state index in [-0.39, 0.29) is 11.2 Å². The Balaban J connectivity index is 1.98. The molecule has 1 fully saturated rings. The van der Waals surface area contributed by atoms with Gasteiger partial charge < -0.3 is 0 Å². The van der Waals surface area contributed by atoms with Gasteiger partial charge in [0, 0.05) is 20.9 Å². The van der Waals surface area contributed by atoms with Crippen LogP contribution in [0.2, 0.25) is 0 Å². The number of carbonyl (C=O) groups excluding carboxylic acids is 1. The number of hydrogen-bond acceptors (Lipinski definition) is 3. The minimum absolute atomic E-state index is 0.198. The average molecular weight is 343 g/mol. The summed E-state index contributed by atoms with van der Waals surface area (Å²) in [6, 6.07) is 8.23. The van der Waals surface area contributed by atoms with Crippen molar-refractivity contribution in [3.63, 3.8) is 0 Å². The Labute approximate surface area is 146 Å². The summed E-state index contributed by atoms with van der Waals surface area (Å²) in [5.41, 5.74) is 2.12. The summed E-state index contributed by atoms with van der Waals surface area (Å²) in [4.78, 5) is 15.3. The second-order valence-electron chi connectivity index (χ2n) is 7.17. The molecule has 1 aliphatic carbocycles. The molecular weight excluding hydrogens is 320 g/mol. The van der Waals surface area contributed by atoms with Crippen LogP contribution in [0.5, 0.6) is 0 Å². The van der Waals surface area contributed by atoms with Gasteiger partial charge in [0.1, 0.15) is 0 Å². The zero-order valence-electron chi connectivity index (χ0n) is 13.8. The van der Waals surface area contributed by atoms with E-state index in [1.807, 2.05) is 12.1 Å². The lowest BCUT2D eigenvalue weighted by atomic mass is 9.69. The number of carbonyl (C=O) groups is 1. The fourth-order valence-electron chi connectivity index (χ4n) is 2.95. The van der Waals surface area contributed by atoms with Gasteiger partial charge in [-0.05, 0) is 59.2 Å². The zero-order chi connectivity index (χ0) is 16.4. The van der Waals surface area contributed by atoms with E-state index in [1.54, 1.807) is 22.7 Å². The van der Waals surface area contributed by atoms with Crippen molar-refractivity contribution in [1.29, 1.82) is 0 Å². The smallest absolute Gasteiger partial charge is 0.185 e. The van der Waals surface area contributed by atoms with Gasteiger partial charge in [0.15, 0.2) is 5.78 Å². The van der Waals surface area contributed by atoms with Gasteiger partial charge in [-0.25, -0.2) is 0 Å². The summed E-state index contributed by atoms with van der Waals surface area (Å²) in [5.74, 6) is 0.727. The van der Waals surface area contributed by atoms with E-state index in [9.17, 15) is 4.79 Å². The first-order valence-corrected chi connectivity index (χ1v) is 9.72. The van der Waals surface area contributed by atoms with E-state index in [2.05, 4.69) is 55.8 Å². The molecule has 0 atom stereocenters. The number of thiophene rings is 2. The second-order valence-corrected chi connectivity index (χ2v) is 9.13. The first-order valence-electron chi connectivity index (χ1n) is 7.96. The molecule has 0 bridgehead atoms. The van der Waals surface area contributed by atoms with Gasteiger partial charge in [0.05, 0.1) is 0 Å². The molecule has 2 heterocycles. The summed E-state index contributed by atoms with van der Waals surface area (Å²) in [6.45, 7) is 6.83. The second kappa shape index (κ2) is 6.58. The van der Waals surface area contributed by atoms with Crippen molar-refractivity contribution in [1.82, 2.24) is 0 Å². The van der Waals surface area contributed by atoms with Crippen LogP contribution in [0.3, 0.4) is 0 Å². The fraction of sp³-hybridized carbons (Fsp3) is 0.350. The molecule has 0 saturated heterocycles. The van der Waals surface area contributed by atoms with Crippen molar-refractivity contribution in [3.8, 4) is 0 Å². The summed E-state index contributed by atoms with van der Waals surface area (Å²) >= 11 is 3.38. The lowest BCUT2D eigenvalue weighted by Crippen LogP contribution is -2.29. The number of hydrogen-bond donors (Lipinski definition) is 0. The Morgan fingerprint density at radius 1 is 0.957 bits per heavy atom. The largest absolute Gasteiger partial charge is 0.289 e. The van der Waals surface area contributed by atoms with Crippen molar-refractivity contribution >= 4 is 40.6 Å². The predicted molar refractivity (Wildman–Crippen MR) is 102 cm³/mol. The number of ketones is 1. The Hall–Kier alpha value is -1.45. The van der Waals surface area contributed by atoms with Crippen LogP contribution in [0, 0.1) is 11.3 Å². The van der Waals surface area contributed by atoms with Crippen molar-refractivity contribution in [2.45, 2.75) is 33.6 Å². The van der Waals surface area contributed by atoms with Crippen LogP contribution in [-0.4, -0.2) is 5.78 Å². The third-order valence-electron chi connectivity index (χ3n) is 4.46. The van der Waals surface area contributed by atoms with E-state index in [0.29, 0.717) is 5.92 Å². The molecule has 2 aromatic rings. The summed E-state index contributed by atoms with van der Waals surface area (Å²) in [7, 11) is 0. The highest BCUT2D eigenvalue weighted by molar-refractivity contribution is 7.11. The van der Waals surface area contributed by atoms with Gasteiger partial charge in [0.25, 0.3) is 0 Å². The maximum Gasteiger partial charge on any atom is 0.185 e. The molecule has 1 saturated carbocycles. The lowest BCUT2D eigenvalue weighted by molar-refractivity contribution is -0.113. The SMILES string of the molecule is CC(C)(C)C1CC(=Cc2cccs2)C(=O)C(=Cc2cccs2)C1. The molecule has 2 aromatic heterocycles. The van der Waals surface area contributed by atoms with Crippen molar-refractivity contribution < 1.29 is 4.79 Å². The molecule has 1 nitrogen and oxygen atoms in total. The molecule has 0 N–H and O–H groups in total. The molecule has 3 rings (SSSR count). The molecule has 3 heteroatoms. The third-order valence-corrected chi connectivity index (χ3v) is 6.10. The van der Waals surface area contributed by atoms with Crippen LogP contribution in [0.1, 0.15) is 43.4 Å². The highest BCUT2D eigenvalue weighted by Crippen LogP contribution is 2.42. The molecule has 120 valence electrons. The quantitative estimate of drug-likeness (QED) is 0.585. The molecule has 0 spiro atoms. The van der Waals surface area contributed by atoms with E-state index >= 15 is 0 Å². The Kier molecular flexibility index (Phi) is 4.69. The first kappa shape index (κ1) is 16.4. The minimum atomic E-state index is 0.198. The molecule has 0 unspecified atom stereocenters. The van der Waals surface area contributed by atoms with Crippen molar-refractivity contribution in [3.05, 3.63) is 55.9 Å². The Morgan fingerprint density at radius 2 is 1.43 bits per heavy atom. The topological polar surface area (TPSA) is 17.1 Å². The molecule has 0 aliphatic heterocycles. The van der Waals surface area contributed by atoms with Crippen LogP contribution in [-0.2, 0) is 4.79 Å². The van der Waals surface area contributed by atoms with Crippen molar-refractivity contribution in [2.75, 3.05) is 0 Å². The Bertz CT molecular complexity index is 669. The van der Waals surface area contributed by atoms with Gasteiger partial charge in [-0.15, -0.1) is 22.7 Å². The third kappa shape index (κ3) is 3.91. The standard InChI is InChI=1S/C20H22OS2/c1-20(2,3)16-10-14(12-17-6-4-8-22-17)19(21)15(11-16)13-18-7-5-9-23-18/h4-9,12-13,16H,10-11H2,1-3H3. The van der Waals surface area contributed by atoms with E-state index in [0.717, 1.165) is 24.0 Å². The number of rotatable bonds is 2. The van der Waals surface area contributed by atoms with Crippen LogP contribution < -0.4 is 0 Å². The van der Waals surface area contributed by atoms with Gasteiger partial charge in [-0.1, -0.05) is 32.9 Å². The molecule has 1 aliphatic rings. The van der Waals surface area contributed by atoms with E-state index in [1.165, 1.54) is 9.75 Å². The van der Waals surface area contributed by atoms with Gasteiger partial charge in [0.2, 0.25) is 0 Å². The van der Waals surface area contributed by atoms with Crippen LogP contribution in [0.25, 0.3) is 12.2 Å². The predicted octanol–water partition coefficient (Wildman–Crippen LogP) is 6.30. The summed E-state index contributed by atoms with van der Waals surface area (Å²) in [6.07, 6.45) is 5.93. The monoisotopic (exact) mass is 342 g/mol. The highest BCUT2D eigenvalue weighted by Gasteiger charge is 2.34. The minimum Gasteiger partial charge on any atom is -0.289 e. The normalized spacial score (nSPS) is 22.9. The zero-order valence-corrected chi connectivity index (χ0v) is 15.5. The molecular formula is C20H22OS2. The highest BCUT2D eigenvalue weighted by atomic mass is 32.1. The maximum absolute atomic E-state index is 12.9. The molecule has 0 aromatic carbocycles. The average Bonchev–Trinajstić information content (AvgIpc) is 3.15. The summed E-state index contributed by atoms with van der Waals surface area (Å²) < 4.78 is 0. The van der Waals surface area contributed by atoms with Gasteiger partial charge in [-0.3, -0.25) is 4.79 Å². The number of Topliss-reactive ketones (excluding diaryl/α,β-unsaturated/α-hetero) is 1. The van der Waals surface area contributed by atoms with Crippen LogP contribution in [0.15, 0.2) is 46.2 Å². The number of allylic oxidation sites excluding steroid dienone is 2. The Morgan fingerprint density at radius 3 is 1.78 bits per heavy atom. The summed E-state index contributed by atoms with van der Waals surface area (Å²) in [5, 5.41) is 4.12. The van der Waals surface area contributed by atoms with E-state index < -0.39 is 0 Å². The van der Waals surface area contributed by atoms with Crippen LogP contribution >= 0.6 is 22.7 Å². The molecule has 0 radical (unpaired) electrons. The molecule has 0 amide bonds. The maximum atomic E-state index is 12.9. The fourth-order valence-corrected chi connectivity index (χ4v) is 4.31. The molecule has 23 heavy (non-hydrogen) atoms. The van der Waals surface area contributed by atoms with E-state index in [4.69, 9.17) is 0 Å². The first-order chi connectivity index (χ1) is 10.9. The van der Waals surface area contributed by atoms with Gasteiger partial charge >= 0.3 is 0 Å². The lowest BCUT2D eigenvalue weighted by Gasteiger charge is -2.35. The van der Waals surface area contributed by atoms with Crippen LogP contribution in [0.4, 0.5) is 0 Å². The van der Waals surface area contributed by atoms with Gasteiger partial charge in [-0.2, -0.15) is 0 Å². The van der Waals surface area contributed by atoms with Crippen molar-refractivity contribution in [2.24, 2.45) is 11.3 Å².